The third-order valence-corrected chi connectivity index (χ3v) is 6.17. The van der Waals surface area contributed by atoms with Gasteiger partial charge in [0.15, 0.2) is 0 Å². The van der Waals surface area contributed by atoms with Crippen LogP contribution in [-0.4, -0.2) is 21.2 Å². The average Bonchev–Trinajstić information content (AvgIpc) is 3.08. The normalized spacial score (nSPS) is 11.3. The Morgan fingerprint density at radius 1 is 0.889 bits per heavy atom. The molecule has 0 fully saturated rings. The molecule has 2 amide bonds. The topological polar surface area (TPSA) is 85.1 Å². The molecule has 7 nitrogen and oxygen atoms in total. The van der Waals surface area contributed by atoms with E-state index in [0.717, 1.165) is 0 Å². The number of hydrogen-bond donors (Lipinski definition) is 2. The second-order valence-electron chi connectivity index (χ2n) is 7.93. The van der Waals surface area contributed by atoms with Crippen LogP contribution in [-0.2, 0) is 11.8 Å². The molecule has 0 atom stereocenters. The maximum Gasteiger partial charge on any atom is 0.295 e. The van der Waals surface area contributed by atoms with Crippen molar-refractivity contribution in [2.45, 2.75) is 6.92 Å². The van der Waals surface area contributed by atoms with Crippen molar-refractivity contribution in [1.82, 2.24) is 14.7 Å². The number of nitrogens with zero attached hydrogens (tertiary/aromatic N) is 2. The molecule has 0 aliphatic heterocycles. The van der Waals surface area contributed by atoms with E-state index < -0.39 is 17.4 Å². The highest BCUT2D eigenvalue weighted by Crippen LogP contribution is 2.18. The van der Waals surface area contributed by atoms with Gasteiger partial charge in [0, 0.05) is 12.1 Å². The van der Waals surface area contributed by atoms with Gasteiger partial charge in [0.2, 0.25) is 0 Å². The number of carbonyl (C=O) groups excluding carboxylic acids is 2. The van der Waals surface area contributed by atoms with Crippen molar-refractivity contribution in [1.29, 1.82) is 0 Å². The Balaban J connectivity index is 1.71. The summed E-state index contributed by atoms with van der Waals surface area (Å²) < 4.78 is 3.11. The molecule has 1 aromatic heterocycles. The summed E-state index contributed by atoms with van der Waals surface area (Å²) in [6.07, 6.45) is 1.49. The van der Waals surface area contributed by atoms with Crippen LogP contribution in [0.2, 0.25) is 10.0 Å². The van der Waals surface area contributed by atoms with E-state index in [1.807, 2.05) is 18.2 Å². The highest BCUT2D eigenvalue weighted by molar-refractivity contribution is 6.34. The van der Waals surface area contributed by atoms with E-state index in [9.17, 15) is 14.4 Å². The summed E-state index contributed by atoms with van der Waals surface area (Å²) >= 11 is 12.1. The lowest BCUT2D eigenvalue weighted by molar-refractivity contribution is -0.113. The maximum atomic E-state index is 13.4. The Hall–Kier alpha value is -4.07. The first-order valence-corrected chi connectivity index (χ1v) is 11.7. The molecule has 0 unspecified atom stereocenters. The standard InChI is InChI=1S/C27H22Cl2N4O3/c1-17-24(27(36)33(32(17)2)20-8-4-3-5-9-20)31-26(35)23(16-18-12-14-19(28)15-13-18)30-25(34)21-10-6-7-11-22(21)29/h3-16H,1-2H3,(H,30,34)(H,31,35)/b23-16-. The van der Waals surface area contributed by atoms with E-state index >= 15 is 0 Å². The lowest BCUT2D eigenvalue weighted by Gasteiger charge is -2.11. The molecule has 0 radical (unpaired) electrons. The van der Waals surface area contributed by atoms with E-state index in [2.05, 4.69) is 10.6 Å². The number of carbonyl (C=O) groups is 2. The van der Waals surface area contributed by atoms with Crippen LogP contribution < -0.4 is 16.2 Å². The van der Waals surface area contributed by atoms with Gasteiger partial charge in [-0.2, -0.15) is 0 Å². The molecule has 9 heteroatoms. The quantitative estimate of drug-likeness (QED) is 0.342. The van der Waals surface area contributed by atoms with E-state index in [1.54, 1.807) is 79.3 Å². The fourth-order valence-corrected chi connectivity index (χ4v) is 3.96. The fraction of sp³-hybridized carbons (Fsp3) is 0.0741. The van der Waals surface area contributed by atoms with E-state index in [1.165, 1.54) is 10.8 Å². The summed E-state index contributed by atoms with van der Waals surface area (Å²) in [7, 11) is 1.73. The second-order valence-corrected chi connectivity index (χ2v) is 8.78. The Bertz CT molecular complexity index is 1520. The number of hydrogen-bond acceptors (Lipinski definition) is 3. The first-order valence-electron chi connectivity index (χ1n) is 10.9. The predicted molar refractivity (Wildman–Crippen MR) is 143 cm³/mol. The first kappa shape index (κ1) is 25.0. The van der Waals surface area contributed by atoms with Gasteiger partial charge in [0.25, 0.3) is 17.4 Å². The van der Waals surface area contributed by atoms with Crippen molar-refractivity contribution in [2.75, 3.05) is 5.32 Å². The minimum absolute atomic E-state index is 0.0730. The number of amides is 2. The summed E-state index contributed by atoms with van der Waals surface area (Å²) in [6.45, 7) is 1.72. The van der Waals surface area contributed by atoms with Crippen LogP contribution in [0.5, 0.6) is 0 Å². The summed E-state index contributed by atoms with van der Waals surface area (Å²) in [4.78, 5) is 39.6. The molecule has 0 aliphatic rings. The van der Waals surface area contributed by atoms with Crippen LogP contribution in [0.4, 0.5) is 5.69 Å². The summed E-state index contributed by atoms with van der Waals surface area (Å²) in [5, 5.41) is 6.07. The van der Waals surface area contributed by atoms with Crippen molar-refractivity contribution >= 4 is 46.8 Å². The van der Waals surface area contributed by atoms with Crippen LogP contribution in [0.15, 0.2) is 89.4 Å². The van der Waals surface area contributed by atoms with Crippen molar-refractivity contribution in [3.63, 3.8) is 0 Å². The molecule has 0 saturated carbocycles. The van der Waals surface area contributed by atoms with Crippen molar-refractivity contribution in [2.24, 2.45) is 7.05 Å². The molecule has 0 saturated heterocycles. The molecule has 36 heavy (non-hydrogen) atoms. The van der Waals surface area contributed by atoms with Crippen LogP contribution in [0, 0.1) is 6.92 Å². The van der Waals surface area contributed by atoms with Crippen molar-refractivity contribution in [3.8, 4) is 5.69 Å². The summed E-state index contributed by atoms with van der Waals surface area (Å²) in [5.41, 5.74) is 1.64. The molecular formula is C27H22Cl2N4O3. The van der Waals surface area contributed by atoms with E-state index in [-0.39, 0.29) is 22.0 Å². The SMILES string of the molecule is Cc1c(NC(=O)/C(=C/c2ccc(Cl)cc2)NC(=O)c2ccccc2Cl)c(=O)n(-c2ccccc2)n1C. The second kappa shape index (κ2) is 10.7. The molecular weight excluding hydrogens is 499 g/mol. The molecule has 1 heterocycles. The molecule has 2 N–H and O–H groups in total. The number of para-hydroxylation sites is 1. The first-order chi connectivity index (χ1) is 17.3. The predicted octanol–water partition coefficient (Wildman–Crippen LogP) is 5.20. The van der Waals surface area contributed by atoms with Gasteiger partial charge in [-0.1, -0.05) is 65.7 Å². The number of rotatable bonds is 6. The largest absolute Gasteiger partial charge is 0.317 e. The van der Waals surface area contributed by atoms with Crippen LogP contribution in [0.1, 0.15) is 21.6 Å². The lowest BCUT2D eigenvalue weighted by Crippen LogP contribution is -2.32. The lowest BCUT2D eigenvalue weighted by atomic mass is 10.1. The van der Waals surface area contributed by atoms with E-state index in [0.29, 0.717) is 22.0 Å². The number of nitrogens with one attached hydrogen (secondary N) is 2. The highest BCUT2D eigenvalue weighted by atomic mass is 35.5. The zero-order chi connectivity index (χ0) is 25.8. The molecule has 0 aliphatic carbocycles. The number of halogens is 2. The Labute approximate surface area is 217 Å². The van der Waals surface area contributed by atoms with Crippen molar-refractivity contribution in [3.05, 3.63) is 122 Å². The van der Waals surface area contributed by atoms with Gasteiger partial charge in [0.05, 0.1) is 22.0 Å². The van der Waals surface area contributed by atoms with Gasteiger partial charge in [-0.05, 0) is 55.0 Å². The summed E-state index contributed by atoms with van der Waals surface area (Å²) in [5.74, 6) is -1.24. The van der Waals surface area contributed by atoms with Crippen LogP contribution in [0.3, 0.4) is 0 Å². The third-order valence-electron chi connectivity index (χ3n) is 5.59. The number of aromatic nitrogens is 2. The minimum Gasteiger partial charge on any atom is -0.317 e. The monoisotopic (exact) mass is 520 g/mol. The fourth-order valence-electron chi connectivity index (χ4n) is 3.61. The molecule has 4 rings (SSSR count). The number of anilines is 1. The van der Waals surface area contributed by atoms with Gasteiger partial charge >= 0.3 is 0 Å². The van der Waals surface area contributed by atoms with Crippen LogP contribution in [0.25, 0.3) is 11.8 Å². The van der Waals surface area contributed by atoms with Gasteiger partial charge in [-0.3, -0.25) is 19.1 Å². The minimum atomic E-state index is -0.670. The molecule has 0 bridgehead atoms. The van der Waals surface area contributed by atoms with Gasteiger partial charge in [0.1, 0.15) is 11.4 Å². The van der Waals surface area contributed by atoms with Crippen molar-refractivity contribution < 1.29 is 9.59 Å². The highest BCUT2D eigenvalue weighted by Gasteiger charge is 2.22. The average molecular weight is 521 g/mol. The zero-order valence-corrected chi connectivity index (χ0v) is 21.0. The van der Waals surface area contributed by atoms with Crippen LogP contribution >= 0.6 is 23.2 Å². The Morgan fingerprint density at radius 2 is 1.53 bits per heavy atom. The summed E-state index contributed by atoms with van der Waals surface area (Å²) in [6, 6.07) is 22.3. The maximum absolute atomic E-state index is 13.4. The third kappa shape index (κ3) is 5.27. The molecule has 3 aromatic carbocycles. The van der Waals surface area contributed by atoms with Gasteiger partial charge in [-0.25, -0.2) is 4.68 Å². The number of benzene rings is 3. The van der Waals surface area contributed by atoms with Gasteiger partial charge < -0.3 is 10.6 Å². The van der Waals surface area contributed by atoms with E-state index in [4.69, 9.17) is 23.2 Å². The van der Waals surface area contributed by atoms with Gasteiger partial charge in [-0.15, -0.1) is 0 Å². The smallest absolute Gasteiger partial charge is 0.295 e. The molecule has 4 aromatic rings. The Kier molecular flexibility index (Phi) is 7.43. The zero-order valence-electron chi connectivity index (χ0n) is 19.5. The molecule has 182 valence electrons. The Morgan fingerprint density at radius 3 is 2.19 bits per heavy atom. The molecule has 0 spiro atoms.